The maximum Gasteiger partial charge on any atom is 0.271 e. The highest BCUT2D eigenvalue weighted by molar-refractivity contribution is 6.12. The number of azo groups is 1. The minimum Gasteiger partial charge on any atom is -0.505 e. The average Bonchev–Trinajstić information content (AvgIpc) is 3.00. The monoisotopic (exact) mass is 561 g/mol. The Labute approximate surface area is 239 Å². The number of fused-ring (bicyclic) bond motifs is 1. The number of aromatic hydroxyl groups is 1. The van der Waals surface area contributed by atoms with Crippen LogP contribution in [0.2, 0.25) is 0 Å². The lowest BCUT2D eigenvalue weighted by Crippen LogP contribution is -2.12. The number of carbonyl (C=O) groups is 2. The van der Waals surface area contributed by atoms with Gasteiger partial charge in [-0.05, 0) is 47.9 Å². The number of para-hydroxylation sites is 1. The van der Waals surface area contributed by atoms with Crippen LogP contribution in [-0.2, 0) is 0 Å². The summed E-state index contributed by atoms with van der Waals surface area (Å²) in [6.45, 7) is 0. The fourth-order valence-corrected chi connectivity index (χ4v) is 4.23. The van der Waals surface area contributed by atoms with Crippen molar-refractivity contribution in [2.24, 2.45) is 10.2 Å². The van der Waals surface area contributed by atoms with E-state index in [4.69, 9.17) is 4.74 Å². The summed E-state index contributed by atoms with van der Waals surface area (Å²) in [7, 11) is 1.45. The molecule has 42 heavy (non-hydrogen) atoms. The van der Waals surface area contributed by atoms with Crippen LogP contribution >= 0.6 is 0 Å². The van der Waals surface area contributed by atoms with Crippen LogP contribution in [0, 0.1) is 10.1 Å². The Bertz CT molecular complexity index is 1860. The van der Waals surface area contributed by atoms with Gasteiger partial charge < -0.3 is 20.5 Å². The van der Waals surface area contributed by atoms with Gasteiger partial charge in [0.25, 0.3) is 17.5 Å². The largest absolute Gasteiger partial charge is 0.505 e. The van der Waals surface area contributed by atoms with E-state index in [1.165, 1.54) is 43.5 Å². The van der Waals surface area contributed by atoms with Crippen molar-refractivity contribution in [3.05, 3.63) is 124 Å². The third kappa shape index (κ3) is 5.89. The number of methoxy groups -OCH3 is 1. The fraction of sp³-hybridized carbons (Fsp3) is 0.0323. The van der Waals surface area contributed by atoms with Gasteiger partial charge in [-0.1, -0.05) is 48.5 Å². The number of rotatable bonds is 8. The second-order valence-electron chi connectivity index (χ2n) is 9.01. The summed E-state index contributed by atoms with van der Waals surface area (Å²) >= 11 is 0. The number of hydrogen-bond acceptors (Lipinski definition) is 8. The molecule has 0 bridgehead atoms. The highest BCUT2D eigenvalue weighted by Crippen LogP contribution is 2.40. The highest BCUT2D eigenvalue weighted by atomic mass is 16.6. The third-order valence-electron chi connectivity index (χ3n) is 6.29. The van der Waals surface area contributed by atoms with E-state index in [9.17, 15) is 24.8 Å². The summed E-state index contributed by atoms with van der Waals surface area (Å²) in [6, 6.07) is 27.5. The van der Waals surface area contributed by atoms with Gasteiger partial charge in [-0.25, -0.2) is 0 Å². The first-order chi connectivity index (χ1) is 20.3. The first kappa shape index (κ1) is 27.5. The summed E-state index contributed by atoms with van der Waals surface area (Å²) in [5, 5.41) is 37.3. The standard InChI is InChI=1S/C31H23N5O6/c1-42-27-15-14-20(30(38)32-21-9-3-2-4-10-21)17-26(27)34-35-28-24-13-6-5-8-19(24)16-25(29(28)37)31(39)33-22-11-7-12-23(18-22)36(40)41/h2-18,37H,1H3,(H,32,38)(H,33,39)/b35-34+. The maximum atomic E-state index is 13.2. The Morgan fingerprint density at radius 1 is 0.810 bits per heavy atom. The minimum atomic E-state index is -0.702. The number of phenolic OH excluding ortho intramolecular Hbond substituents is 1. The van der Waals surface area contributed by atoms with Crippen LogP contribution in [0.3, 0.4) is 0 Å². The molecule has 0 saturated heterocycles. The van der Waals surface area contributed by atoms with Crippen LogP contribution < -0.4 is 15.4 Å². The Morgan fingerprint density at radius 2 is 1.52 bits per heavy atom. The molecule has 11 nitrogen and oxygen atoms in total. The van der Waals surface area contributed by atoms with Crippen molar-refractivity contribution in [3.63, 3.8) is 0 Å². The smallest absolute Gasteiger partial charge is 0.271 e. The van der Waals surface area contributed by atoms with E-state index < -0.39 is 16.6 Å². The molecule has 0 atom stereocenters. The van der Waals surface area contributed by atoms with Gasteiger partial charge in [-0.3, -0.25) is 19.7 Å². The number of nitrogens with one attached hydrogen (secondary N) is 2. The van der Waals surface area contributed by atoms with Crippen molar-refractivity contribution in [3.8, 4) is 11.5 Å². The van der Waals surface area contributed by atoms with E-state index >= 15 is 0 Å². The molecule has 0 spiro atoms. The number of phenols is 1. The lowest BCUT2D eigenvalue weighted by atomic mass is 10.0. The van der Waals surface area contributed by atoms with E-state index in [2.05, 4.69) is 20.9 Å². The van der Waals surface area contributed by atoms with E-state index in [-0.39, 0.29) is 34.2 Å². The Hall–Kier alpha value is -6.10. The molecule has 0 aliphatic carbocycles. The van der Waals surface area contributed by atoms with Crippen LogP contribution in [0.15, 0.2) is 113 Å². The molecule has 2 amide bonds. The number of carbonyl (C=O) groups excluding carboxylic acids is 2. The SMILES string of the molecule is COc1ccc(C(=O)Nc2ccccc2)cc1/N=N/c1c(O)c(C(=O)Nc2cccc([N+](=O)[O-])c2)cc2ccccc12. The van der Waals surface area contributed by atoms with Crippen molar-refractivity contribution in [1.82, 2.24) is 0 Å². The number of benzene rings is 5. The molecule has 11 heteroatoms. The average molecular weight is 562 g/mol. The molecule has 5 aromatic carbocycles. The second kappa shape index (κ2) is 12.0. The molecular weight excluding hydrogens is 538 g/mol. The molecule has 0 unspecified atom stereocenters. The van der Waals surface area contributed by atoms with Gasteiger partial charge in [0, 0.05) is 34.5 Å². The fourth-order valence-electron chi connectivity index (χ4n) is 4.23. The van der Waals surface area contributed by atoms with Gasteiger partial charge in [0.05, 0.1) is 17.6 Å². The predicted octanol–water partition coefficient (Wildman–Crippen LogP) is 7.38. The number of anilines is 2. The van der Waals surface area contributed by atoms with Gasteiger partial charge in [-0.15, -0.1) is 10.2 Å². The summed E-state index contributed by atoms with van der Waals surface area (Å²) in [5.41, 5.74) is 1.02. The highest BCUT2D eigenvalue weighted by Gasteiger charge is 2.20. The van der Waals surface area contributed by atoms with Gasteiger partial charge >= 0.3 is 0 Å². The molecule has 0 fully saturated rings. The van der Waals surface area contributed by atoms with Crippen molar-refractivity contribution < 1.29 is 24.4 Å². The van der Waals surface area contributed by atoms with Crippen LogP contribution in [0.4, 0.5) is 28.4 Å². The normalized spacial score (nSPS) is 10.9. The quantitative estimate of drug-likeness (QED) is 0.102. The summed E-state index contributed by atoms with van der Waals surface area (Å²) in [4.78, 5) is 36.6. The summed E-state index contributed by atoms with van der Waals surface area (Å²) in [6.07, 6.45) is 0. The lowest BCUT2D eigenvalue weighted by molar-refractivity contribution is -0.384. The zero-order chi connectivity index (χ0) is 29.6. The predicted molar refractivity (Wildman–Crippen MR) is 158 cm³/mol. The van der Waals surface area contributed by atoms with Gasteiger partial charge in [0.15, 0.2) is 5.75 Å². The van der Waals surface area contributed by atoms with Crippen LogP contribution in [0.25, 0.3) is 10.8 Å². The zero-order valence-electron chi connectivity index (χ0n) is 22.1. The molecule has 3 N–H and O–H groups in total. The Balaban J connectivity index is 1.51. The molecule has 0 heterocycles. The van der Waals surface area contributed by atoms with E-state index in [1.807, 2.05) is 6.07 Å². The number of nitro groups is 1. The molecule has 5 rings (SSSR count). The first-order valence-electron chi connectivity index (χ1n) is 12.6. The lowest BCUT2D eigenvalue weighted by Gasteiger charge is -2.12. The van der Waals surface area contributed by atoms with Crippen molar-refractivity contribution in [2.45, 2.75) is 0 Å². The van der Waals surface area contributed by atoms with E-state index in [1.54, 1.807) is 60.7 Å². The number of nitrogens with zero attached hydrogens (tertiary/aromatic N) is 3. The Morgan fingerprint density at radius 3 is 2.29 bits per heavy atom. The van der Waals surface area contributed by atoms with Gasteiger partial charge in [0.2, 0.25) is 0 Å². The van der Waals surface area contributed by atoms with Crippen LogP contribution in [-0.4, -0.2) is 29.0 Å². The molecule has 0 aliphatic rings. The van der Waals surface area contributed by atoms with E-state index in [0.29, 0.717) is 27.8 Å². The molecule has 0 aromatic heterocycles. The molecule has 0 saturated carbocycles. The number of non-ortho nitro benzene ring substituents is 1. The van der Waals surface area contributed by atoms with Gasteiger partial charge in [-0.2, -0.15) is 0 Å². The first-order valence-corrected chi connectivity index (χ1v) is 12.6. The maximum absolute atomic E-state index is 13.2. The molecule has 208 valence electrons. The summed E-state index contributed by atoms with van der Waals surface area (Å²) in [5.74, 6) is -1.18. The van der Waals surface area contributed by atoms with Crippen LogP contribution in [0.5, 0.6) is 11.5 Å². The van der Waals surface area contributed by atoms with Crippen molar-refractivity contribution in [2.75, 3.05) is 17.7 Å². The Kier molecular flexibility index (Phi) is 7.82. The molecule has 0 radical (unpaired) electrons. The minimum absolute atomic E-state index is 0.0125. The molecular formula is C31H23N5O6. The summed E-state index contributed by atoms with van der Waals surface area (Å²) < 4.78 is 5.40. The topological polar surface area (TPSA) is 156 Å². The van der Waals surface area contributed by atoms with E-state index in [0.717, 1.165) is 0 Å². The second-order valence-corrected chi connectivity index (χ2v) is 9.01. The number of amides is 2. The molecule has 5 aromatic rings. The molecule has 0 aliphatic heterocycles. The number of nitro benzene ring substituents is 1. The van der Waals surface area contributed by atoms with Crippen molar-refractivity contribution in [1.29, 1.82) is 0 Å². The van der Waals surface area contributed by atoms with Crippen molar-refractivity contribution >= 4 is 51.0 Å². The number of ether oxygens (including phenoxy) is 1. The third-order valence-corrected chi connectivity index (χ3v) is 6.29. The van der Waals surface area contributed by atoms with Gasteiger partial charge in [0.1, 0.15) is 17.1 Å². The number of hydrogen-bond donors (Lipinski definition) is 3. The van der Waals surface area contributed by atoms with Crippen LogP contribution in [0.1, 0.15) is 20.7 Å². The zero-order valence-corrected chi connectivity index (χ0v) is 22.1.